The maximum atomic E-state index is 12.8. The number of hydrogen-bond acceptors (Lipinski definition) is 6. The molecule has 1 unspecified atom stereocenters. The number of amides is 1. The molecule has 2 aromatic rings. The fourth-order valence-electron chi connectivity index (χ4n) is 3.27. The molecule has 1 aliphatic carbocycles. The summed E-state index contributed by atoms with van der Waals surface area (Å²) in [7, 11) is 0. The van der Waals surface area contributed by atoms with Gasteiger partial charge in [0.25, 0.3) is 5.91 Å². The average molecular weight is 359 g/mol. The van der Waals surface area contributed by atoms with Crippen molar-refractivity contribution < 1.29 is 14.1 Å². The molecule has 1 saturated carbocycles. The van der Waals surface area contributed by atoms with E-state index in [9.17, 15) is 4.79 Å². The van der Waals surface area contributed by atoms with E-state index in [0.29, 0.717) is 37.0 Å². The van der Waals surface area contributed by atoms with Crippen molar-refractivity contribution >= 4 is 5.91 Å². The molecule has 0 bridgehead atoms. The van der Waals surface area contributed by atoms with Crippen molar-refractivity contribution in [2.45, 2.75) is 51.6 Å². The summed E-state index contributed by atoms with van der Waals surface area (Å²) < 4.78 is 12.8. The molecule has 0 aromatic carbocycles. The molecule has 0 spiro atoms. The number of carbonyl (C=O) groups excluding carboxylic acids is 1. The van der Waals surface area contributed by atoms with Gasteiger partial charge in [-0.2, -0.15) is 10.1 Å². The Labute approximate surface area is 152 Å². The molecule has 1 saturated heterocycles. The van der Waals surface area contributed by atoms with E-state index in [1.165, 1.54) is 12.8 Å². The van der Waals surface area contributed by atoms with E-state index < -0.39 is 0 Å². The van der Waals surface area contributed by atoms with Crippen LogP contribution >= 0.6 is 0 Å². The Kier molecular flexibility index (Phi) is 5.01. The summed E-state index contributed by atoms with van der Waals surface area (Å²) in [5, 5.41) is 8.37. The first kappa shape index (κ1) is 17.2. The number of hydrogen-bond donors (Lipinski definition) is 0. The van der Waals surface area contributed by atoms with Gasteiger partial charge in [-0.15, -0.1) is 0 Å². The summed E-state index contributed by atoms with van der Waals surface area (Å²) in [6.45, 7) is 4.86. The van der Waals surface area contributed by atoms with E-state index in [4.69, 9.17) is 9.26 Å². The van der Waals surface area contributed by atoms with E-state index in [0.717, 1.165) is 31.9 Å². The highest BCUT2D eigenvalue weighted by molar-refractivity contribution is 5.92. The summed E-state index contributed by atoms with van der Waals surface area (Å²) >= 11 is 0. The molecule has 2 fully saturated rings. The zero-order valence-electron chi connectivity index (χ0n) is 15.1. The first-order valence-electron chi connectivity index (χ1n) is 9.49. The van der Waals surface area contributed by atoms with Gasteiger partial charge < -0.3 is 14.2 Å². The van der Waals surface area contributed by atoms with Gasteiger partial charge in [-0.25, -0.2) is 0 Å². The van der Waals surface area contributed by atoms with E-state index in [1.54, 1.807) is 15.6 Å². The second-order valence-corrected chi connectivity index (χ2v) is 7.03. The lowest BCUT2D eigenvalue weighted by Crippen LogP contribution is -2.31. The van der Waals surface area contributed by atoms with Crippen LogP contribution in [0.5, 0.6) is 0 Å². The number of rotatable bonds is 8. The molecule has 1 atom stereocenters. The number of aromatic nitrogens is 4. The van der Waals surface area contributed by atoms with Gasteiger partial charge in [-0.3, -0.25) is 9.48 Å². The molecule has 1 amide bonds. The lowest BCUT2D eigenvalue weighted by molar-refractivity contribution is 0.0703. The van der Waals surface area contributed by atoms with Crippen molar-refractivity contribution in [3.8, 4) is 0 Å². The topological polar surface area (TPSA) is 86.3 Å². The average Bonchev–Trinajstić information content (AvgIpc) is 3.10. The Morgan fingerprint density at radius 2 is 2.27 bits per heavy atom. The quantitative estimate of drug-likeness (QED) is 0.672. The van der Waals surface area contributed by atoms with Gasteiger partial charge in [-0.05, 0) is 44.6 Å². The van der Waals surface area contributed by atoms with Gasteiger partial charge in [0, 0.05) is 32.3 Å². The summed E-state index contributed by atoms with van der Waals surface area (Å²) in [5.74, 6) is 1.84. The van der Waals surface area contributed by atoms with Crippen LogP contribution in [0.2, 0.25) is 0 Å². The summed E-state index contributed by atoms with van der Waals surface area (Å²) in [6.07, 6.45) is 6.79. The van der Waals surface area contributed by atoms with Gasteiger partial charge in [0.05, 0.1) is 6.61 Å². The number of ether oxygens (including phenoxy) is 1. The lowest BCUT2D eigenvalue weighted by Gasteiger charge is -2.20. The van der Waals surface area contributed by atoms with Crippen LogP contribution in [0.15, 0.2) is 16.8 Å². The Morgan fingerprint density at radius 1 is 1.38 bits per heavy atom. The largest absolute Gasteiger partial charge is 0.381 e. The van der Waals surface area contributed by atoms with Crippen molar-refractivity contribution in [1.29, 1.82) is 0 Å². The maximum Gasteiger partial charge on any atom is 0.275 e. The van der Waals surface area contributed by atoms with Crippen LogP contribution in [0.4, 0.5) is 0 Å². The van der Waals surface area contributed by atoms with Gasteiger partial charge in [0.1, 0.15) is 11.7 Å². The minimum atomic E-state index is -0.164. The van der Waals surface area contributed by atoms with Crippen molar-refractivity contribution in [3.05, 3.63) is 29.7 Å². The first-order valence-corrected chi connectivity index (χ1v) is 9.49. The molecule has 2 aromatic heterocycles. The molecule has 8 heteroatoms. The number of carbonyl (C=O) groups is 1. The third-order valence-corrected chi connectivity index (χ3v) is 4.99. The van der Waals surface area contributed by atoms with Crippen LogP contribution in [-0.4, -0.2) is 50.5 Å². The predicted octanol–water partition coefficient (Wildman–Crippen LogP) is 2.23. The molecule has 0 radical (unpaired) electrons. The van der Waals surface area contributed by atoms with Crippen LogP contribution in [-0.2, 0) is 17.7 Å². The Balaban J connectivity index is 1.37. The molecule has 140 valence electrons. The van der Waals surface area contributed by atoms with Crippen LogP contribution in [0.25, 0.3) is 0 Å². The van der Waals surface area contributed by atoms with Crippen LogP contribution < -0.4 is 0 Å². The Morgan fingerprint density at radius 3 is 3.04 bits per heavy atom. The van der Waals surface area contributed by atoms with Crippen LogP contribution in [0.1, 0.15) is 60.9 Å². The monoisotopic (exact) mass is 359 g/mol. The molecule has 8 nitrogen and oxygen atoms in total. The zero-order chi connectivity index (χ0) is 17.9. The van der Waals surface area contributed by atoms with Crippen molar-refractivity contribution in [2.24, 2.45) is 5.92 Å². The number of nitrogens with zero attached hydrogens (tertiary/aromatic N) is 5. The molecule has 4 rings (SSSR count). The van der Waals surface area contributed by atoms with Crippen molar-refractivity contribution in [1.82, 2.24) is 24.8 Å². The minimum absolute atomic E-state index is 0.0767. The molecule has 1 aliphatic heterocycles. The van der Waals surface area contributed by atoms with Gasteiger partial charge in [0.2, 0.25) is 5.89 Å². The third kappa shape index (κ3) is 3.80. The first-order chi connectivity index (χ1) is 12.7. The number of likely N-dealkylation sites (tertiary alicyclic amines) is 1. The summed E-state index contributed by atoms with van der Waals surface area (Å²) in [4.78, 5) is 19.1. The minimum Gasteiger partial charge on any atom is -0.381 e. The van der Waals surface area contributed by atoms with Gasteiger partial charge in [0.15, 0.2) is 5.82 Å². The lowest BCUT2D eigenvalue weighted by atomic mass is 10.2. The smallest absolute Gasteiger partial charge is 0.275 e. The molecule has 2 aliphatic rings. The fourth-order valence-corrected chi connectivity index (χ4v) is 3.27. The number of aryl methyl sites for hydroxylation is 1. The highest BCUT2D eigenvalue weighted by Crippen LogP contribution is 2.32. The highest BCUT2D eigenvalue weighted by Gasteiger charge is 2.35. The zero-order valence-corrected chi connectivity index (χ0v) is 15.1. The molecule has 3 heterocycles. The maximum absolute atomic E-state index is 12.8. The van der Waals surface area contributed by atoms with E-state index >= 15 is 0 Å². The van der Waals surface area contributed by atoms with E-state index in [1.807, 2.05) is 13.1 Å². The molecular formula is C18H25N5O3. The highest BCUT2D eigenvalue weighted by atomic mass is 16.5. The fraction of sp³-hybridized carbons (Fsp3) is 0.667. The van der Waals surface area contributed by atoms with Crippen molar-refractivity contribution in [2.75, 3.05) is 19.8 Å². The molecular weight excluding hydrogens is 334 g/mol. The van der Waals surface area contributed by atoms with Crippen LogP contribution in [0, 0.1) is 5.92 Å². The third-order valence-electron chi connectivity index (χ3n) is 4.99. The second-order valence-electron chi connectivity index (χ2n) is 7.03. The van der Waals surface area contributed by atoms with Gasteiger partial charge in [-0.1, -0.05) is 5.16 Å². The normalized spacial score (nSPS) is 20.0. The Bertz CT molecular complexity index is 752. The second kappa shape index (κ2) is 7.57. The summed E-state index contributed by atoms with van der Waals surface area (Å²) in [6, 6.07) is 1.60. The van der Waals surface area contributed by atoms with E-state index in [2.05, 4.69) is 15.2 Å². The predicted molar refractivity (Wildman–Crippen MR) is 92.5 cm³/mol. The Hall–Kier alpha value is -2.22. The van der Waals surface area contributed by atoms with E-state index in [-0.39, 0.29) is 11.9 Å². The van der Waals surface area contributed by atoms with Gasteiger partial charge >= 0.3 is 0 Å². The molecule has 0 N–H and O–H groups in total. The molecule has 26 heavy (non-hydrogen) atoms. The summed E-state index contributed by atoms with van der Waals surface area (Å²) in [5.41, 5.74) is 0.465. The SMILES string of the molecule is CCn1ccc(C(=O)N2CCCC2c2nc(CCOCC3CC3)no2)n1. The van der Waals surface area contributed by atoms with Crippen molar-refractivity contribution in [3.63, 3.8) is 0 Å². The van der Waals surface area contributed by atoms with Crippen LogP contribution in [0.3, 0.4) is 0 Å². The standard InChI is InChI=1S/C18H25N5O3/c1-2-22-10-7-14(20-22)18(24)23-9-3-4-15(23)17-19-16(21-26-17)8-11-25-12-13-5-6-13/h7,10,13,15H,2-6,8-9,11-12H2,1H3.